The van der Waals surface area contributed by atoms with E-state index in [1.807, 2.05) is 24.4 Å². The highest BCUT2D eigenvalue weighted by molar-refractivity contribution is 7.86. The number of hydrogen-bond donors (Lipinski definition) is 0. The van der Waals surface area contributed by atoms with Crippen LogP contribution < -0.4 is 0 Å². The molecule has 4 nitrogen and oxygen atoms in total. The van der Waals surface area contributed by atoms with E-state index < -0.39 is 10.2 Å². The summed E-state index contributed by atoms with van der Waals surface area (Å²) in [5.74, 6) is 0.878. The van der Waals surface area contributed by atoms with E-state index in [9.17, 15) is 8.42 Å². The van der Waals surface area contributed by atoms with Gasteiger partial charge in [-0.25, -0.2) is 0 Å². The van der Waals surface area contributed by atoms with Crippen molar-refractivity contribution >= 4 is 21.5 Å². The van der Waals surface area contributed by atoms with E-state index in [2.05, 4.69) is 13.8 Å². The van der Waals surface area contributed by atoms with E-state index in [1.54, 1.807) is 19.9 Å². The molecule has 6 heteroatoms. The van der Waals surface area contributed by atoms with Crippen LogP contribution in [-0.2, 0) is 16.8 Å². The van der Waals surface area contributed by atoms with Crippen LogP contribution in [0.2, 0.25) is 0 Å². The minimum Gasteiger partial charge on any atom is -0.195 e. The molecule has 2 unspecified atom stereocenters. The lowest BCUT2D eigenvalue weighted by Gasteiger charge is -2.36. The normalized spacial score (nSPS) is 25.2. The van der Waals surface area contributed by atoms with Crippen molar-refractivity contribution in [3.05, 3.63) is 22.4 Å². The predicted octanol–water partition coefficient (Wildman–Crippen LogP) is 2.79. The molecule has 2 heterocycles. The minimum atomic E-state index is -3.34. The zero-order valence-corrected chi connectivity index (χ0v) is 14.1. The first kappa shape index (κ1) is 15.9. The Morgan fingerprint density at radius 3 is 2.50 bits per heavy atom. The third-order valence-electron chi connectivity index (χ3n) is 3.75. The summed E-state index contributed by atoms with van der Waals surface area (Å²) in [5, 5.41) is 1.99. The predicted molar refractivity (Wildman–Crippen MR) is 83.8 cm³/mol. The fourth-order valence-corrected chi connectivity index (χ4v) is 5.53. The third kappa shape index (κ3) is 3.61. The van der Waals surface area contributed by atoms with E-state index in [0.717, 1.165) is 11.3 Å². The van der Waals surface area contributed by atoms with Crippen LogP contribution in [0.25, 0.3) is 0 Å². The van der Waals surface area contributed by atoms with Gasteiger partial charge in [0.15, 0.2) is 0 Å². The molecule has 20 heavy (non-hydrogen) atoms. The lowest BCUT2D eigenvalue weighted by molar-refractivity contribution is 0.208. The van der Waals surface area contributed by atoms with Crippen molar-refractivity contribution in [2.75, 3.05) is 19.6 Å². The van der Waals surface area contributed by atoms with Crippen LogP contribution in [0.4, 0.5) is 0 Å². The largest absolute Gasteiger partial charge is 0.282 e. The van der Waals surface area contributed by atoms with Crippen molar-refractivity contribution in [3.63, 3.8) is 0 Å². The van der Waals surface area contributed by atoms with Crippen LogP contribution in [0.1, 0.15) is 32.1 Å². The Kier molecular flexibility index (Phi) is 5.23. The van der Waals surface area contributed by atoms with Gasteiger partial charge in [-0.15, -0.1) is 11.3 Å². The monoisotopic (exact) mass is 316 g/mol. The van der Waals surface area contributed by atoms with E-state index in [1.165, 1.54) is 0 Å². The molecule has 0 radical (unpaired) electrons. The van der Waals surface area contributed by atoms with Gasteiger partial charge in [-0.2, -0.15) is 17.0 Å². The van der Waals surface area contributed by atoms with Crippen molar-refractivity contribution in [2.45, 2.75) is 33.7 Å². The number of hydrogen-bond acceptors (Lipinski definition) is 3. The zero-order valence-electron chi connectivity index (χ0n) is 12.4. The van der Waals surface area contributed by atoms with Gasteiger partial charge >= 0.3 is 0 Å². The average molecular weight is 316 g/mol. The Hall–Kier alpha value is -0.430. The zero-order chi connectivity index (χ0) is 14.8. The van der Waals surface area contributed by atoms with Crippen molar-refractivity contribution in [2.24, 2.45) is 11.8 Å². The first-order valence-corrected chi connectivity index (χ1v) is 9.48. The van der Waals surface area contributed by atoms with Gasteiger partial charge in [0.05, 0.1) is 0 Å². The molecule has 0 aromatic carbocycles. The van der Waals surface area contributed by atoms with Gasteiger partial charge in [-0.05, 0) is 29.7 Å². The maximum absolute atomic E-state index is 12.8. The Bertz CT molecular complexity index is 503. The number of piperidine rings is 1. The SMILES string of the molecule is CCN(Cc1cccs1)S(=O)(=O)N1CC(C)CC(C)C1. The third-order valence-corrected chi connectivity index (χ3v) is 6.60. The first-order valence-electron chi connectivity index (χ1n) is 7.21. The molecule has 1 aliphatic heterocycles. The second kappa shape index (κ2) is 6.56. The van der Waals surface area contributed by atoms with Gasteiger partial charge in [0, 0.05) is 31.1 Å². The Morgan fingerprint density at radius 1 is 1.35 bits per heavy atom. The number of thiophene rings is 1. The highest BCUT2D eigenvalue weighted by Gasteiger charge is 2.34. The van der Waals surface area contributed by atoms with Crippen molar-refractivity contribution in [3.8, 4) is 0 Å². The summed E-state index contributed by atoms with van der Waals surface area (Å²) in [7, 11) is -3.34. The number of nitrogens with zero attached hydrogens (tertiary/aromatic N) is 2. The minimum absolute atomic E-state index is 0.439. The molecule has 0 amide bonds. The fourth-order valence-electron chi connectivity index (χ4n) is 2.89. The molecule has 2 rings (SSSR count). The second-order valence-electron chi connectivity index (χ2n) is 5.78. The molecule has 2 atom stereocenters. The number of rotatable bonds is 5. The Labute approximate surface area is 126 Å². The second-order valence-corrected chi connectivity index (χ2v) is 8.74. The molecule has 0 bridgehead atoms. The molecule has 1 fully saturated rings. The lowest BCUT2D eigenvalue weighted by atomic mass is 9.94. The van der Waals surface area contributed by atoms with Crippen LogP contribution in [0.5, 0.6) is 0 Å². The molecule has 1 aromatic rings. The van der Waals surface area contributed by atoms with Crippen LogP contribution in [-0.4, -0.2) is 36.7 Å². The van der Waals surface area contributed by atoms with E-state index in [-0.39, 0.29) is 0 Å². The van der Waals surface area contributed by atoms with Gasteiger partial charge in [0.1, 0.15) is 0 Å². The van der Waals surface area contributed by atoms with Gasteiger partial charge < -0.3 is 0 Å². The highest BCUT2D eigenvalue weighted by atomic mass is 32.2. The van der Waals surface area contributed by atoms with Gasteiger partial charge in [-0.1, -0.05) is 26.8 Å². The molecular weight excluding hydrogens is 292 g/mol. The van der Waals surface area contributed by atoms with Crippen molar-refractivity contribution < 1.29 is 8.42 Å². The summed E-state index contributed by atoms with van der Waals surface area (Å²) in [6, 6.07) is 3.95. The molecule has 1 aromatic heterocycles. The highest BCUT2D eigenvalue weighted by Crippen LogP contribution is 2.25. The molecule has 0 N–H and O–H groups in total. The maximum atomic E-state index is 12.8. The smallest absolute Gasteiger partial charge is 0.195 e. The summed E-state index contributed by atoms with van der Waals surface area (Å²) in [6.07, 6.45) is 1.11. The average Bonchev–Trinajstić information content (AvgIpc) is 2.87. The molecule has 0 saturated carbocycles. The van der Waals surface area contributed by atoms with E-state index in [0.29, 0.717) is 38.0 Å². The van der Waals surface area contributed by atoms with Crippen molar-refractivity contribution in [1.29, 1.82) is 0 Å². The molecule has 114 valence electrons. The first-order chi connectivity index (χ1) is 9.43. The molecular formula is C14H24N2O2S2. The van der Waals surface area contributed by atoms with Crippen molar-refractivity contribution in [1.82, 2.24) is 8.61 Å². The van der Waals surface area contributed by atoms with Gasteiger partial charge in [0.2, 0.25) is 0 Å². The van der Waals surface area contributed by atoms with E-state index >= 15 is 0 Å². The Balaban J connectivity index is 2.14. The molecule has 0 spiro atoms. The maximum Gasteiger partial charge on any atom is 0.282 e. The summed E-state index contributed by atoms with van der Waals surface area (Å²) < 4.78 is 28.8. The topological polar surface area (TPSA) is 40.6 Å². The van der Waals surface area contributed by atoms with Crippen LogP contribution in [0, 0.1) is 11.8 Å². The molecule has 1 aliphatic rings. The Morgan fingerprint density at radius 2 is 2.00 bits per heavy atom. The van der Waals surface area contributed by atoms with Crippen LogP contribution in [0.15, 0.2) is 17.5 Å². The van der Waals surface area contributed by atoms with Crippen LogP contribution >= 0.6 is 11.3 Å². The van der Waals surface area contributed by atoms with Gasteiger partial charge in [0.25, 0.3) is 10.2 Å². The van der Waals surface area contributed by atoms with E-state index in [4.69, 9.17) is 0 Å². The van der Waals surface area contributed by atoms with Gasteiger partial charge in [-0.3, -0.25) is 0 Å². The standard InChI is InChI=1S/C14H24N2O2S2/c1-4-15(11-14-6-5-7-19-14)20(17,18)16-9-12(2)8-13(3)10-16/h5-7,12-13H,4,8-11H2,1-3H3. The molecule has 1 saturated heterocycles. The quantitative estimate of drug-likeness (QED) is 0.838. The molecule has 0 aliphatic carbocycles. The summed E-state index contributed by atoms with van der Waals surface area (Å²) in [4.78, 5) is 1.09. The van der Waals surface area contributed by atoms with Crippen LogP contribution in [0.3, 0.4) is 0 Å². The summed E-state index contributed by atoms with van der Waals surface area (Å²) in [5.41, 5.74) is 0. The fraction of sp³-hybridized carbons (Fsp3) is 0.714. The summed E-state index contributed by atoms with van der Waals surface area (Å²) >= 11 is 1.61. The summed E-state index contributed by atoms with van der Waals surface area (Å²) in [6.45, 7) is 8.46. The lowest BCUT2D eigenvalue weighted by Crippen LogP contribution is -2.49.